The molecule has 0 saturated carbocycles. The number of halogens is 2. The zero-order valence-electron chi connectivity index (χ0n) is 7.70. The van der Waals surface area contributed by atoms with Crippen molar-refractivity contribution in [3.05, 3.63) is 35.1 Å². The molecule has 0 aliphatic carbocycles. The number of rotatable bonds is 2. The molecule has 0 heterocycles. The first-order valence-electron chi connectivity index (χ1n) is 3.86. The van der Waals surface area contributed by atoms with Crippen molar-refractivity contribution in [2.75, 3.05) is 7.11 Å². The molecular formula is C9H7ClFNO3. The lowest BCUT2D eigenvalue weighted by atomic mass is 10.1. The molecule has 0 fully saturated rings. The van der Waals surface area contributed by atoms with Crippen LogP contribution in [0.2, 0.25) is 0 Å². The van der Waals surface area contributed by atoms with Crippen molar-refractivity contribution in [1.29, 1.82) is 0 Å². The fourth-order valence-electron chi connectivity index (χ4n) is 0.977. The van der Waals surface area contributed by atoms with Crippen molar-refractivity contribution < 1.29 is 19.1 Å². The summed E-state index contributed by atoms with van der Waals surface area (Å²) in [5, 5.41) is 10.8. The molecule has 4 nitrogen and oxygen atoms in total. The number of carbonyl (C=O) groups is 1. The Morgan fingerprint density at radius 2 is 2.27 bits per heavy atom. The summed E-state index contributed by atoms with van der Waals surface area (Å²) in [6.45, 7) is 0. The van der Waals surface area contributed by atoms with Crippen LogP contribution in [-0.2, 0) is 4.74 Å². The van der Waals surface area contributed by atoms with Gasteiger partial charge in [-0.2, -0.15) is 0 Å². The first-order valence-corrected chi connectivity index (χ1v) is 4.23. The third kappa shape index (κ3) is 2.44. The average molecular weight is 232 g/mol. The van der Waals surface area contributed by atoms with Crippen molar-refractivity contribution in [2.45, 2.75) is 0 Å². The molecule has 0 amide bonds. The van der Waals surface area contributed by atoms with Gasteiger partial charge in [0.05, 0.1) is 12.7 Å². The minimum Gasteiger partial charge on any atom is -0.465 e. The number of hydrogen-bond donors (Lipinski definition) is 1. The van der Waals surface area contributed by atoms with Crippen LogP contribution in [0.5, 0.6) is 0 Å². The van der Waals surface area contributed by atoms with E-state index in [1.54, 1.807) is 0 Å². The van der Waals surface area contributed by atoms with Gasteiger partial charge in [0, 0.05) is 5.56 Å². The molecule has 0 spiro atoms. The zero-order valence-corrected chi connectivity index (χ0v) is 8.45. The fourth-order valence-corrected chi connectivity index (χ4v) is 1.09. The van der Waals surface area contributed by atoms with E-state index in [1.807, 2.05) is 0 Å². The summed E-state index contributed by atoms with van der Waals surface area (Å²) in [7, 11) is 1.15. The lowest BCUT2D eigenvalue weighted by Crippen LogP contribution is -2.05. The molecule has 0 aliphatic rings. The van der Waals surface area contributed by atoms with E-state index in [2.05, 4.69) is 9.89 Å². The Bertz CT molecular complexity index is 420. The van der Waals surface area contributed by atoms with E-state index in [9.17, 15) is 9.18 Å². The molecule has 0 radical (unpaired) electrons. The summed E-state index contributed by atoms with van der Waals surface area (Å²) >= 11 is 5.45. The molecular weight excluding hydrogens is 225 g/mol. The van der Waals surface area contributed by atoms with Crippen LogP contribution in [0.1, 0.15) is 15.9 Å². The number of ether oxygens (including phenoxy) is 1. The van der Waals surface area contributed by atoms with Crippen LogP contribution in [0.4, 0.5) is 4.39 Å². The molecule has 0 bridgehead atoms. The van der Waals surface area contributed by atoms with E-state index in [4.69, 9.17) is 16.8 Å². The molecule has 1 aromatic rings. The second-order valence-corrected chi connectivity index (χ2v) is 2.94. The van der Waals surface area contributed by atoms with E-state index in [1.165, 1.54) is 12.1 Å². The molecule has 1 rings (SSSR count). The van der Waals surface area contributed by atoms with Crippen molar-refractivity contribution >= 4 is 22.7 Å². The maximum atomic E-state index is 13.3. The highest BCUT2D eigenvalue weighted by atomic mass is 35.5. The number of nitrogens with zero attached hydrogens (tertiary/aromatic N) is 1. The van der Waals surface area contributed by atoms with E-state index >= 15 is 0 Å². The van der Waals surface area contributed by atoms with E-state index < -0.39 is 11.8 Å². The van der Waals surface area contributed by atoms with E-state index in [-0.39, 0.29) is 16.3 Å². The first-order chi connectivity index (χ1) is 7.10. The predicted molar refractivity (Wildman–Crippen MR) is 51.9 cm³/mol. The highest BCUT2D eigenvalue weighted by Crippen LogP contribution is 2.13. The van der Waals surface area contributed by atoms with Gasteiger partial charge in [-0.15, -0.1) is 0 Å². The Labute approximate surface area is 89.9 Å². The summed E-state index contributed by atoms with van der Waals surface area (Å²) in [5.41, 5.74) is -0.0343. The van der Waals surface area contributed by atoms with E-state index in [0.29, 0.717) is 0 Å². The SMILES string of the molecule is COC(=O)c1ccc(/C(Cl)=N\O)cc1F. The van der Waals surface area contributed by atoms with Gasteiger partial charge in [0.2, 0.25) is 0 Å². The van der Waals surface area contributed by atoms with Gasteiger partial charge in [-0.3, -0.25) is 0 Å². The quantitative estimate of drug-likeness (QED) is 0.367. The van der Waals surface area contributed by atoms with Crippen LogP contribution in [-0.4, -0.2) is 23.5 Å². The van der Waals surface area contributed by atoms with Crippen LogP contribution >= 0.6 is 11.6 Å². The molecule has 0 aromatic heterocycles. The van der Waals surface area contributed by atoms with Crippen molar-refractivity contribution in [2.24, 2.45) is 5.16 Å². The third-order valence-corrected chi connectivity index (χ3v) is 1.99. The number of oxime groups is 1. The number of methoxy groups -OCH3 is 1. The smallest absolute Gasteiger partial charge is 0.340 e. The Hall–Kier alpha value is -1.62. The van der Waals surface area contributed by atoms with Crippen LogP contribution < -0.4 is 0 Å². The lowest BCUT2D eigenvalue weighted by Gasteiger charge is -2.02. The largest absolute Gasteiger partial charge is 0.465 e. The number of hydrogen-bond acceptors (Lipinski definition) is 4. The highest BCUT2D eigenvalue weighted by Gasteiger charge is 2.13. The summed E-state index contributed by atoms with van der Waals surface area (Å²) in [6, 6.07) is 3.52. The number of esters is 1. The summed E-state index contributed by atoms with van der Waals surface area (Å²) in [5.74, 6) is -1.57. The molecule has 6 heteroatoms. The number of benzene rings is 1. The summed E-state index contributed by atoms with van der Waals surface area (Å²) in [4.78, 5) is 11.0. The van der Waals surface area contributed by atoms with Gasteiger partial charge in [-0.25, -0.2) is 9.18 Å². The Morgan fingerprint density at radius 3 is 2.73 bits per heavy atom. The molecule has 0 atom stereocenters. The van der Waals surface area contributed by atoms with Gasteiger partial charge in [-0.05, 0) is 12.1 Å². The molecule has 1 N–H and O–H groups in total. The summed E-state index contributed by atoms with van der Waals surface area (Å²) in [6.07, 6.45) is 0. The second kappa shape index (κ2) is 4.75. The average Bonchev–Trinajstić information content (AvgIpc) is 2.26. The van der Waals surface area contributed by atoms with Crippen LogP contribution in [0.15, 0.2) is 23.4 Å². The van der Waals surface area contributed by atoms with Gasteiger partial charge in [0.25, 0.3) is 0 Å². The molecule has 0 unspecified atom stereocenters. The first kappa shape index (κ1) is 11.5. The number of carbonyl (C=O) groups excluding carboxylic acids is 1. The minimum atomic E-state index is -0.791. The van der Waals surface area contributed by atoms with Gasteiger partial charge < -0.3 is 9.94 Å². The monoisotopic (exact) mass is 231 g/mol. The van der Waals surface area contributed by atoms with Crippen LogP contribution in [0.25, 0.3) is 0 Å². The molecule has 1 aromatic carbocycles. The molecule has 15 heavy (non-hydrogen) atoms. The maximum Gasteiger partial charge on any atom is 0.340 e. The lowest BCUT2D eigenvalue weighted by molar-refractivity contribution is 0.0595. The van der Waals surface area contributed by atoms with Crippen LogP contribution in [0.3, 0.4) is 0 Å². The van der Waals surface area contributed by atoms with Crippen LogP contribution in [0, 0.1) is 5.82 Å². The Balaban J connectivity index is 3.14. The molecule has 80 valence electrons. The maximum absolute atomic E-state index is 13.3. The van der Waals surface area contributed by atoms with Gasteiger partial charge >= 0.3 is 5.97 Å². The Kier molecular flexibility index (Phi) is 3.62. The fraction of sp³-hybridized carbons (Fsp3) is 0.111. The van der Waals surface area contributed by atoms with Crippen molar-refractivity contribution in [1.82, 2.24) is 0 Å². The summed E-state index contributed by atoms with van der Waals surface area (Å²) < 4.78 is 17.6. The molecule has 0 aliphatic heterocycles. The normalized spacial score (nSPS) is 11.3. The second-order valence-electron chi connectivity index (χ2n) is 2.58. The van der Waals surface area contributed by atoms with Gasteiger partial charge in [-0.1, -0.05) is 22.8 Å². The van der Waals surface area contributed by atoms with Crippen molar-refractivity contribution in [3.8, 4) is 0 Å². The standard InChI is InChI=1S/C9H7ClFNO3/c1-15-9(13)6-3-2-5(4-7(6)11)8(10)12-14/h2-4,14H,1H3/b12-8+. The van der Waals surface area contributed by atoms with E-state index in [0.717, 1.165) is 13.2 Å². The Morgan fingerprint density at radius 1 is 1.60 bits per heavy atom. The van der Waals surface area contributed by atoms with Gasteiger partial charge in [0.15, 0.2) is 5.17 Å². The zero-order chi connectivity index (χ0) is 11.4. The van der Waals surface area contributed by atoms with Crippen molar-refractivity contribution in [3.63, 3.8) is 0 Å². The predicted octanol–water partition coefficient (Wildman–Crippen LogP) is 1.99. The topological polar surface area (TPSA) is 58.9 Å². The highest BCUT2D eigenvalue weighted by molar-refractivity contribution is 6.69. The third-order valence-electron chi connectivity index (χ3n) is 1.70. The van der Waals surface area contributed by atoms with Gasteiger partial charge in [0.1, 0.15) is 5.82 Å². The minimum absolute atomic E-state index is 0.171. The molecule has 0 saturated heterocycles.